The normalized spacial score (nSPS) is 13.5. The molecule has 0 fully saturated rings. The zero-order valence-electron chi connectivity index (χ0n) is 31.2. The van der Waals surface area contributed by atoms with Gasteiger partial charge in [-0.05, 0) is 165 Å². The van der Waals surface area contributed by atoms with Crippen LogP contribution in [0.25, 0.3) is 0 Å². The van der Waals surface area contributed by atoms with Crippen molar-refractivity contribution in [2.45, 2.75) is 117 Å². The molecule has 0 amide bonds. The number of hydrogen-bond acceptors (Lipinski definition) is 7. The molecule has 0 unspecified atom stereocenters. The van der Waals surface area contributed by atoms with E-state index in [1.807, 2.05) is 48.5 Å². The second-order valence-electron chi connectivity index (χ2n) is 16.4. The van der Waals surface area contributed by atoms with Gasteiger partial charge in [0.05, 0.1) is 13.2 Å². The first-order chi connectivity index (χ1) is 20.9. The number of ether oxygens (including phenoxy) is 2. The molecule has 0 heterocycles. The van der Waals surface area contributed by atoms with Crippen molar-refractivity contribution in [2.75, 3.05) is 13.2 Å². The fourth-order valence-corrected chi connectivity index (χ4v) is 30.6. The number of carbonyl (C=O) groups is 1. The van der Waals surface area contributed by atoms with E-state index in [4.69, 9.17) is 25.9 Å². The van der Waals surface area contributed by atoms with Gasteiger partial charge in [-0.15, -0.1) is 0 Å². The Bertz CT molecular complexity index is 1100. The Hall–Kier alpha value is -1.15. The summed E-state index contributed by atoms with van der Waals surface area (Å²) in [5, 5.41) is 0. The van der Waals surface area contributed by atoms with Crippen molar-refractivity contribution < 1.29 is 30.7 Å². The first-order valence-electron chi connectivity index (χ1n) is 16.7. The minimum Gasteiger partial charge on any atom is -0.494 e. The van der Waals surface area contributed by atoms with Crippen molar-refractivity contribution in [3.05, 3.63) is 59.7 Å². The van der Waals surface area contributed by atoms with Crippen LogP contribution in [0, 0.1) is 0 Å². The van der Waals surface area contributed by atoms with Gasteiger partial charge >= 0.3 is 17.1 Å². The maximum Gasteiger partial charge on any atom is 0.314 e. The van der Waals surface area contributed by atoms with Gasteiger partial charge in [-0.2, -0.15) is 0 Å². The molecule has 0 aliphatic carbocycles. The third-order valence-corrected chi connectivity index (χ3v) is 25.6. The molecule has 0 saturated carbocycles. The van der Waals surface area contributed by atoms with Crippen LogP contribution in [-0.4, -0.2) is 69.4 Å². The standard InChI is InChI=1S/C33H62O7Si6/c1-41(2,3)37-45(13,38-42(4,5)6)27-15-25-35-31-21-17-29(18-22-31)33(34)30-19-23-32(24-20-30)36-26-16-28-46(14,39-43(7,8)9)40-44(10,11)12/h17-24H,15-16,25-28H2,1-14H3. The van der Waals surface area contributed by atoms with Crippen molar-refractivity contribution in [2.24, 2.45) is 0 Å². The quantitative estimate of drug-likeness (QED) is 0.0761. The smallest absolute Gasteiger partial charge is 0.314 e. The molecule has 2 aromatic rings. The third-order valence-electron chi connectivity index (χ3n) is 6.41. The lowest BCUT2D eigenvalue weighted by Crippen LogP contribution is -2.52. The van der Waals surface area contributed by atoms with Crippen LogP contribution in [0.2, 0.25) is 104 Å². The van der Waals surface area contributed by atoms with Gasteiger partial charge in [-0.1, -0.05) is 0 Å². The summed E-state index contributed by atoms with van der Waals surface area (Å²) in [6.07, 6.45) is 1.74. The molecule has 0 spiro atoms. The van der Waals surface area contributed by atoms with E-state index in [9.17, 15) is 4.79 Å². The number of ketones is 1. The van der Waals surface area contributed by atoms with E-state index in [-0.39, 0.29) is 5.78 Å². The Kier molecular flexibility index (Phi) is 14.7. The largest absolute Gasteiger partial charge is 0.494 e. The molecule has 2 rings (SSSR count). The van der Waals surface area contributed by atoms with Gasteiger partial charge < -0.3 is 25.9 Å². The summed E-state index contributed by atoms with van der Waals surface area (Å²) in [6, 6.07) is 16.6. The topological polar surface area (TPSA) is 72.5 Å². The highest BCUT2D eigenvalue weighted by Crippen LogP contribution is 2.27. The Morgan fingerprint density at radius 2 is 0.717 bits per heavy atom. The van der Waals surface area contributed by atoms with Gasteiger partial charge in [0.1, 0.15) is 11.5 Å². The lowest BCUT2D eigenvalue weighted by Gasteiger charge is -2.38. The van der Waals surface area contributed by atoms with Gasteiger partial charge in [0.25, 0.3) is 0 Å². The highest BCUT2D eigenvalue weighted by molar-refractivity contribution is 6.88. The zero-order chi connectivity index (χ0) is 35.0. The van der Waals surface area contributed by atoms with Crippen molar-refractivity contribution in [3.8, 4) is 11.5 Å². The summed E-state index contributed by atoms with van der Waals surface area (Å²) in [6.45, 7) is 32.3. The zero-order valence-corrected chi connectivity index (χ0v) is 37.2. The molecule has 0 aliphatic rings. The minimum atomic E-state index is -2.27. The Labute approximate surface area is 286 Å². The van der Waals surface area contributed by atoms with E-state index >= 15 is 0 Å². The van der Waals surface area contributed by atoms with E-state index in [1.165, 1.54) is 0 Å². The molecular formula is C33H62O7Si6. The van der Waals surface area contributed by atoms with Crippen LogP contribution in [0.4, 0.5) is 0 Å². The maximum atomic E-state index is 13.2. The Balaban J connectivity index is 1.88. The fraction of sp³-hybridized carbons (Fsp3) is 0.606. The number of rotatable bonds is 20. The summed E-state index contributed by atoms with van der Waals surface area (Å²) in [5.74, 6) is 1.48. The van der Waals surface area contributed by atoms with Gasteiger partial charge in [0.15, 0.2) is 39.1 Å². The molecule has 2 aromatic carbocycles. The summed E-state index contributed by atoms with van der Waals surface area (Å²) in [7, 11) is -11.4. The van der Waals surface area contributed by atoms with Crippen LogP contribution in [0.1, 0.15) is 28.8 Å². The lowest BCUT2D eigenvalue weighted by atomic mass is 10.0. The average molecular weight is 739 g/mol. The van der Waals surface area contributed by atoms with Crippen LogP contribution >= 0.6 is 0 Å². The molecule has 260 valence electrons. The molecular weight excluding hydrogens is 677 g/mol. The molecule has 46 heavy (non-hydrogen) atoms. The molecule has 7 nitrogen and oxygen atoms in total. The molecule has 0 atom stereocenters. The van der Waals surface area contributed by atoms with E-state index in [1.54, 1.807) is 0 Å². The molecule has 0 aromatic heterocycles. The Morgan fingerprint density at radius 1 is 0.457 bits per heavy atom. The molecule has 0 radical (unpaired) electrons. The first kappa shape index (κ1) is 41.0. The second-order valence-corrected chi connectivity index (χ2v) is 42.1. The van der Waals surface area contributed by atoms with Crippen LogP contribution in [0.3, 0.4) is 0 Å². The van der Waals surface area contributed by atoms with Crippen LogP contribution in [0.15, 0.2) is 48.5 Å². The molecule has 13 heteroatoms. The van der Waals surface area contributed by atoms with Crippen LogP contribution in [-0.2, 0) is 16.5 Å². The fourth-order valence-electron chi connectivity index (χ4n) is 5.57. The maximum absolute atomic E-state index is 13.2. The van der Waals surface area contributed by atoms with Crippen molar-refractivity contribution in [1.29, 1.82) is 0 Å². The predicted octanol–water partition coefficient (Wildman–Crippen LogP) is 10.0. The average Bonchev–Trinajstić information content (AvgIpc) is 2.85. The highest BCUT2D eigenvalue weighted by Gasteiger charge is 2.41. The Morgan fingerprint density at radius 3 is 0.957 bits per heavy atom. The first-order valence-corrected chi connectivity index (χ1v) is 35.4. The van der Waals surface area contributed by atoms with E-state index < -0.39 is 50.4 Å². The van der Waals surface area contributed by atoms with Crippen LogP contribution < -0.4 is 9.47 Å². The second kappa shape index (κ2) is 16.5. The molecule has 0 N–H and O–H groups in total. The van der Waals surface area contributed by atoms with Gasteiger partial charge in [-0.3, -0.25) is 4.79 Å². The summed E-state index contributed by atoms with van der Waals surface area (Å²) < 4.78 is 38.4. The highest BCUT2D eigenvalue weighted by atomic mass is 28.5. The number of carbonyl (C=O) groups excluding carboxylic acids is 1. The monoisotopic (exact) mass is 738 g/mol. The molecule has 0 saturated heterocycles. The third kappa shape index (κ3) is 16.8. The summed E-state index contributed by atoms with van der Waals surface area (Å²) in [4.78, 5) is 13.2. The van der Waals surface area contributed by atoms with Gasteiger partial charge in [0.2, 0.25) is 0 Å². The number of benzene rings is 2. The number of hydrogen-bond donors (Lipinski definition) is 0. The van der Waals surface area contributed by atoms with Gasteiger partial charge in [0, 0.05) is 11.1 Å². The van der Waals surface area contributed by atoms with E-state index in [0.717, 1.165) is 36.4 Å². The van der Waals surface area contributed by atoms with E-state index in [2.05, 4.69) is 91.7 Å². The minimum absolute atomic E-state index is 0.0272. The van der Waals surface area contributed by atoms with E-state index in [0.29, 0.717) is 24.3 Å². The molecule has 0 aliphatic heterocycles. The summed E-state index contributed by atoms with van der Waals surface area (Å²) in [5.41, 5.74) is 1.25. The lowest BCUT2D eigenvalue weighted by molar-refractivity contribution is 0.103. The SMILES string of the molecule is C[Si](C)(C)O[Si](C)(CCCOc1ccc(C(=O)c2ccc(OCCC[Si](C)(O[Si](C)(C)C)O[Si](C)(C)C)cc2)cc1)O[Si](C)(C)C. The van der Waals surface area contributed by atoms with Crippen molar-refractivity contribution in [3.63, 3.8) is 0 Å². The molecule has 0 bridgehead atoms. The predicted molar refractivity (Wildman–Crippen MR) is 207 cm³/mol. The summed E-state index contributed by atoms with van der Waals surface area (Å²) >= 11 is 0. The van der Waals surface area contributed by atoms with Crippen LogP contribution in [0.5, 0.6) is 11.5 Å². The van der Waals surface area contributed by atoms with Crippen molar-refractivity contribution in [1.82, 2.24) is 0 Å². The van der Waals surface area contributed by atoms with Gasteiger partial charge in [-0.25, -0.2) is 0 Å². The van der Waals surface area contributed by atoms with Crippen molar-refractivity contribution >= 4 is 56.2 Å².